The van der Waals surface area contributed by atoms with Gasteiger partial charge in [0, 0.05) is 69.0 Å². The maximum atomic E-state index is 12.9. The standard InChI is InChI=1S/C25H29F3N6OS/c1-31-14-18(4-9-22(31)35)23-29-30-24(32(23)2)36-13-3-11-33-15-17-10-12-34(21(17)16-33)20-7-5-19(6-8-20)25(26,27)28/h4-9,14,17,21H,3,10-13,15-16H2,1-2H3/t17-,21+/m1/s1. The minimum absolute atomic E-state index is 0.0657. The van der Waals surface area contributed by atoms with Crippen molar-refractivity contribution in [1.29, 1.82) is 0 Å². The number of halogens is 3. The van der Waals surface area contributed by atoms with Crippen LogP contribution in [0.1, 0.15) is 18.4 Å². The molecule has 4 heterocycles. The first kappa shape index (κ1) is 24.9. The van der Waals surface area contributed by atoms with Crippen molar-refractivity contribution in [3.63, 3.8) is 0 Å². The van der Waals surface area contributed by atoms with Crippen molar-refractivity contribution in [3.8, 4) is 11.4 Å². The molecule has 192 valence electrons. The Labute approximate surface area is 211 Å². The average molecular weight is 519 g/mol. The third-order valence-electron chi connectivity index (χ3n) is 7.18. The summed E-state index contributed by atoms with van der Waals surface area (Å²) in [5, 5.41) is 9.47. The van der Waals surface area contributed by atoms with Crippen molar-refractivity contribution >= 4 is 17.4 Å². The SMILES string of the molecule is Cn1c(SCCCN2C[C@H]3CCN(c4ccc(C(F)(F)F)cc4)[C@H]3C2)nnc1-c1ccc(=O)n(C)c1. The van der Waals surface area contributed by atoms with Crippen LogP contribution in [0.3, 0.4) is 0 Å². The lowest BCUT2D eigenvalue weighted by Gasteiger charge is -2.27. The molecule has 2 aromatic heterocycles. The smallest absolute Gasteiger partial charge is 0.367 e. The molecule has 2 atom stereocenters. The van der Waals surface area contributed by atoms with Gasteiger partial charge in [-0.05, 0) is 55.6 Å². The van der Waals surface area contributed by atoms with Crippen molar-refractivity contribution < 1.29 is 13.2 Å². The van der Waals surface area contributed by atoms with Crippen molar-refractivity contribution in [2.75, 3.05) is 36.8 Å². The maximum absolute atomic E-state index is 12.9. The van der Waals surface area contributed by atoms with Gasteiger partial charge in [-0.2, -0.15) is 13.2 Å². The number of aryl methyl sites for hydroxylation is 1. The number of likely N-dealkylation sites (tertiary alicyclic amines) is 1. The summed E-state index contributed by atoms with van der Waals surface area (Å²) in [5.41, 5.74) is 1.06. The average Bonchev–Trinajstić information content (AvgIpc) is 3.52. The molecule has 0 saturated carbocycles. The number of hydrogen-bond acceptors (Lipinski definition) is 6. The molecule has 0 aliphatic carbocycles. The van der Waals surface area contributed by atoms with E-state index >= 15 is 0 Å². The van der Waals surface area contributed by atoms with E-state index < -0.39 is 11.7 Å². The van der Waals surface area contributed by atoms with Crippen molar-refractivity contribution in [2.45, 2.75) is 30.2 Å². The predicted molar refractivity (Wildman–Crippen MR) is 134 cm³/mol. The van der Waals surface area contributed by atoms with Crippen LogP contribution in [-0.4, -0.2) is 62.2 Å². The third kappa shape index (κ3) is 5.04. The lowest BCUT2D eigenvalue weighted by molar-refractivity contribution is -0.137. The molecule has 2 aliphatic heterocycles. The summed E-state index contributed by atoms with van der Waals surface area (Å²) in [6.07, 6.45) is -0.461. The topological polar surface area (TPSA) is 59.2 Å². The quantitative estimate of drug-likeness (QED) is 0.350. The van der Waals surface area contributed by atoms with Crippen LogP contribution in [-0.2, 0) is 20.3 Å². The van der Waals surface area contributed by atoms with Gasteiger partial charge in [-0.25, -0.2) is 0 Å². The lowest BCUT2D eigenvalue weighted by Crippen LogP contribution is -2.35. The van der Waals surface area contributed by atoms with Crippen LogP contribution < -0.4 is 10.5 Å². The van der Waals surface area contributed by atoms with Gasteiger partial charge in [0.25, 0.3) is 0 Å². The van der Waals surface area contributed by atoms with Gasteiger partial charge in [0.15, 0.2) is 11.0 Å². The molecule has 0 spiro atoms. The Morgan fingerprint density at radius 2 is 1.83 bits per heavy atom. The molecule has 7 nitrogen and oxygen atoms in total. The molecule has 3 aromatic rings. The highest BCUT2D eigenvalue weighted by atomic mass is 32.2. The summed E-state index contributed by atoms with van der Waals surface area (Å²) >= 11 is 1.67. The first-order valence-electron chi connectivity index (χ1n) is 12.1. The second-order valence-corrected chi connectivity index (χ2v) is 10.6. The number of thioether (sulfide) groups is 1. The summed E-state index contributed by atoms with van der Waals surface area (Å²) in [6, 6.07) is 9.23. The Bertz CT molecular complexity index is 1270. The number of nitrogens with zero attached hydrogens (tertiary/aromatic N) is 6. The first-order chi connectivity index (χ1) is 17.2. The Hall–Kier alpha value is -2.79. The number of aromatic nitrogens is 4. The Balaban J connectivity index is 1.12. The van der Waals surface area contributed by atoms with Crippen LogP contribution >= 0.6 is 11.8 Å². The molecule has 0 amide bonds. The zero-order valence-electron chi connectivity index (χ0n) is 20.3. The van der Waals surface area contributed by atoms with E-state index in [1.165, 1.54) is 22.8 Å². The van der Waals surface area contributed by atoms with Crippen LogP contribution in [0.25, 0.3) is 11.4 Å². The molecule has 0 radical (unpaired) electrons. The van der Waals surface area contributed by atoms with Crippen molar-refractivity contribution in [1.82, 2.24) is 24.2 Å². The molecule has 0 unspecified atom stereocenters. The fourth-order valence-electron chi connectivity index (χ4n) is 5.26. The number of rotatable bonds is 7. The van der Waals surface area contributed by atoms with E-state index in [-0.39, 0.29) is 5.56 Å². The minimum atomic E-state index is -4.30. The lowest BCUT2D eigenvalue weighted by atomic mass is 10.0. The summed E-state index contributed by atoms with van der Waals surface area (Å²) in [4.78, 5) is 16.4. The van der Waals surface area contributed by atoms with E-state index in [4.69, 9.17) is 0 Å². The molecule has 2 fully saturated rings. The van der Waals surface area contributed by atoms with Crippen LogP contribution in [0.4, 0.5) is 18.9 Å². The Morgan fingerprint density at radius 1 is 1.06 bits per heavy atom. The van der Waals surface area contributed by atoms with Gasteiger partial charge in [-0.1, -0.05) is 11.8 Å². The van der Waals surface area contributed by atoms with E-state index in [1.807, 2.05) is 11.6 Å². The Kier molecular flexibility index (Phi) is 6.86. The van der Waals surface area contributed by atoms with Gasteiger partial charge in [-0.15, -0.1) is 10.2 Å². The van der Waals surface area contributed by atoms with Gasteiger partial charge >= 0.3 is 6.18 Å². The van der Waals surface area contributed by atoms with Gasteiger partial charge in [0.05, 0.1) is 5.56 Å². The van der Waals surface area contributed by atoms with Crippen LogP contribution in [0.5, 0.6) is 0 Å². The highest BCUT2D eigenvalue weighted by Crippen LogP contribution is 2.37. The van der Waals surface area contributed by atoms with Crippen LogP contribution in [0.15, 0.2) is 52.5 Å². The van der Waals surface area contributed by atoms with Crippen LogP contribution in [0.2, 0.25) is 0 Å². The molecule has 2 saturated heterocycles. The zero-order valence-corrected chi connectivity index (χ0v) is 21.1. The second-order valence-electron chi connectivity index (χ2n) is 9.55. The summed E-state index contributed by atoms with van der Waals surface area (Å²) in [5.74, 6) is 2.19. The molecule has 11 heteroatoms. The molecule has 2 aliphatic rings. The fourth-order valence-corrected chi connectivity index (χ4v) is 6.10. The summed E-state index contributed by atoms with van der Waals surface area (Å²) in [6.45, 7) is 3.85. The van der Waals surface area contributed by atoms with Gasteiger partial charge in [-0.3, -0.25) is 4.79 Å². The fraction of sp³-hybridized carbons (Fsp3) is 0.480. The van der Waals surface area contributed by atoms with Gasteiger partial charge in [0.1, 0.15) is 0 Å². The normalized spacial score (nSPS) is 20.3. The second kappa shape index (κ2) is 9.93. The molecule has 5 rings (SSSR count). The van der Waals surface area contributed by atoms with Gasteiger partial charge in [0.2, 0.25) is 5.56 Å². The minimum Gasteiger partial charge on any atom is -0.367 e. The third-order valence-corrected chi connectivity index (χ3v) is 8.28. The molecule has 0 bridgehead atoms. The van der Waals surface area contributed by atoms with Crippen molar-refractivity contribution in [2.24, 2.45) is 20.0 Å². The largest absolute Gasteiger partial charge is 0.416 e. The summed E-state index contributed by atoms with van der Waals surface area (Å²) < 4.78 is 42.2. The van der Waals surface area contributed by atoms with E-state index in [2.05, 4.69) is 20.0 Å². The molecular formula is C25H29F3N6OS. The molecule has 0 N–H and O–H groups in total. The number of anilines is 1. The predicted octanol–water partition coefficient (Wildman–Crippen LogP) is 3.89. The molecule has 1 aromatic carbocycles. The highest BCUT2D eigenvalue weighted by Gasteiger charge is 2.41. The zero-order chi connectivity index (χ0) is 25.4. The number of pyridine rings is 1. The maximum Gasteiger partial charge on any atom is 0.416 e. The summed E-state index contributed by atoms with van der Waals surface area (Å²) in [7, 11) is 3.65. The number of alkyl halides is 3. The van der Waals surface area contributed by atoms with Crippen LogP contribution in [0, 0.1) is 5.92 Å². The van der Waals surface area contributed by atoms with E-state index in [9.17, 15) is 18.0 Å². The number of benzene rings is 1. The Morgan fingerprint density at radius 3 is 2.56 bits per heavy atom. The first-order valence-corrected chi connectivity index (χ1v) is 13.0. The highest BCUT2D eigenvalue weighted by molar-refractivity contribution is 7.99. The molecule has 36 heavy (non-hydrogen) atoms. The van der Waals surface area contributed by atoms with E-state index in [0.29, 0.717) is 12.0 Å². The van der Waals surface area contributed by atoms with E-state index in [1.54, 1.807) is 43.2 Å². The van der Waals surface area contributed by atoms with Crippen molar-refractivity contribution in [3.05, 3.63) is 58.5 Å². The van der Waals surface area contributed by atoms with E-state index in [0.717, 1.165) is 67.0 Å². The number of fused-ring (bicyclic) bond motifs is 1. The molecular weight excluding hydrogens is 489 g/mol. The monoisotopic (exact) mass is 518 g/mol. The van der Waals surface area contributed by atoms with Gasteiger partial charge < -0.3 is 18.9 Å². The number of hydrogen-bond donors (Lipinski definition) is 0.